The van der Waals surface area contributed by atoms with Crippen molar-refractivity contribution >= 4 is 17.6 Å². The third-order valence-electron chi connectivity index (χ3n) is 7.64. The van der Waals surface area contributed by atoms with Gasteiger partial charge in [0.1, 0.15) is 11.6 Å². The van der Waals surface area contributed by atoms with E-state index in [1.165, 1.54) is 18.2 Å². The number of hydrogen-bond donors (Lipinski definition) is 1. The van der Waals surface area contributed by atoms with Crippen LogP contribution in [0.5, 0.6) is 0 Å². The van der Waals surface area contributed by atoms with Gasteiger partial charge in [0.2, 0.25) is 5.91 Å². The van der Waals surface area contributed by atoms with E-state index in [-0.39, 0.29) is 41.6 Å². The van der Waals surface area contributed by atoms with E-state index in [2.05, 4.69) is 21.5 Å². The number of aryl methyl sites for hydroxylation is 1. The predicted octanol–water partition coefficient (Wildman–Crippen LogP) is 4.26. The molecule has 0 spiro atoms. The van der Waals surface area contributed by atoms with Gasteiger partial charge in [-0.25, -0.2) is 9.37 Å². The molecule has 1 aliphatic heterocycles. The summed E-state index contributed by atoms with van der Waals surface area (Å²) in [4.78, 5) is 31.5. The van der Waals surface area contributed by atoms with E-state index in [0.29, 0.717) is 41.9 Å². The summed E-state index contributed by atoms with van der Waals surface area (Å²) >= 11 is 0. The number of nitriles is 1. The Hall–Kier alpha value is -4.06. The van der Waals surface area contributed by atoms with Crippen molar-refractivity contribution in [3.8, 4) is 6.07 Å². The molecule has 5 rings (SSSR count). The number of rotatable bonds is 6. The fraction of sp³-hybridized carbons (Fsp3) is 0.393. The van der Waals surface area contributed by atoms with Crippen LogP contribution in [-0.4, -0.2) is 39.2 Å². The number of nitrogens with zero attached hydrogens (tertiary/aromatic N) is 5. The molecule has 37 heavy (non-hydrogen) atoms. The SMILES string of the molecule is Cc1cc(N2CC[C@H](C)C2=O)ncc1C(C)n1cc(C(=O)NC2CC(c3cc(F)ccc3C#N)C2)cn1. The van der Waals surface area contributed by atoms with Crippen LogP contribution in [0.2, 0.25) is 0 Å². The van der Waals surface area contributed by atoms with E-state index in [1.54, 1.807) is 28.2 Å². The molecule has 1 saturated heterocycles. The molecule has 2 fully saturated rings. The molecule has 190 valence electrons. The average Bonchev–Trinajstić information content (AvgIpc) is 3.48. The highest BCUT2D eigenvalue weighted by molar-refractivity contribution is 5.96. The Morgan fingerprint density at radius 2 is 2.05 bits per heavy atom. The zero-order chi connectivity index (χ0) is 26.3. The van der Waals surface area contributed by atoms with Crippen LogP contribution in [0.3, 0.4) is 0 Å². The molecule has 1 unspecified atom stereocenters. The van der Waals surface area contributed by atoms with Crippen molar-refractivity contribution in [2.75, 3.05) is 11.4 Å². The standard InChI is InChI=1S/C28H29FN6O2/c1-16-6-7-34(28(16)37)26-8-17(2)25(14-31-26)18(3)35-15-21(13-32-35)27(36)33-23-9-20(10-23)24-11-22(29)5-4-19(24)12-30/h4-5,8,11,13-16,18,20,23H,6-7,9-10H2,1-3H3,(H,33,36)/t16-,18?,20?,23?/m0/s1. The molecule has 0 bridgehead atoms. The zero-order valence-electron chi connectivity index (χ0n) is 21.1. The molecule has 1 aromatic carbocycles. The maximum absolute atomic E-state index is 13.7. The Balaban J connectivity index is 1.21. The maximum Gasteiger partial charge on any atom is 0.254 e. The average molecular weight is 501 g/mol. The second-order valence-electron chi connectivity index (χ2n) is 10.1. The smallest absolute Gasteiger partial charge is 0.254 e. The van der Waals surface area contributed by atoms with Crippen molar-refractivity contribution in [1.82, 2.24) is 20.1 Å². The van der Waals surface area contributed by atoms with Crippen LogP contribution in [0.1, 0.15) is 77.7 Å². The summed E-state index contributed by atoms with van der Waals surface area (Å²) in [5.41, 5.74) is 3.60. The van der Waals surface area contributed by atoms with Crippen molar-refractivity contribution in [3.05, 3.63) is 76.5 Å². The van der Waals surface area contributed by atoms with Gasteiger partial charge in [0.15, 0.2) is 0 Å². The van der Waals surface area contributed by atoms with Gasteiger partial charge in [-0.3, -0.25) is 19.2 Å². The second kappa shape index (κ2) is 9.77. The first-order valence-electron chi connectivity index (χ1n) is 12.6. The Kier molecular flexibility index (Phi) is 6.50. The molecule has 2 aliphatic rings. The molecule has 2 atom stereocenters. The Morgan fingerprint density at radius 1 is 1.27 bits per heavy atom. The number of hydrogen-bond acceptors (Lipinski definition) is 5. The van der Waals surface area contributed by atoms with Gasteiger partial charge < -0.3 is 5.32 Å². The van der Waals surface area contributed by atoms with E-state index >= 15 is 0 Å². The van der Waals surface area contributed by atoms with Crippen molar-refractivity contribution in [3.63, 3.8) is 0 Å². The van der Waals surface area contributed by atoms with Crippen LogP contribution in [0.25, 0.3) is 0 Å². The van der Waals surface area contributed by atoms with E-state index < -0.39 is 0 Å². The summed E-state index contributed by atoms with van der Waals surface area (Å²) in [6.07, 6.45) is 7.19. The normalized spacial score (nSPS) is 21.9. The van der Waals surface area contributed by atoms with Crippen molar-refractivity contribution in [1.29, 1.82) is 5.26 Å². The van der Waals surface area contributed by atoms with Gasteiger partial charge in [-0.15, -0.1) is 0 Å². The summed E-state index contributed by atoms with van der Waals surface area (Å²) < 4.78 is 15.4. The molecule has 3 aromatic rings. The highest BCUT2D eigenvalue weighted by Crippen LogP contribution is 2.39. The van der Waals surface area contributed by atoms with Gasteiger partial charge >= 0.3 is 0 Å². The van der Waals surface area contributed by atoms with E-state index in [1.807, 2.05) is 26.8 Å². The highest BCUT2D eigenvalue weighted by atomic mass is 19.1. The summed E-state index contributed by atoms with van der Waals surface area (Å²) in [6.45, 7) is 6.60. The summed E-state index contributed by atoms with van der Waals surface area (Å²) in [7, 11) is 0. The van der Waals surface area contributed by atoms with Crippen LogP contribution in [0.15, 0.2) is 42.9 Å². The maximum atomic E-state index is 13.7. The minimum Gasteiger partial charge on any atom is -0.349 e. The second-order valence-corrected chi connectivity index (χ2v) is 10.1. The molecule has 0 radical (unpaired) electrons. The molecule has 1 N–H and O–H groups in total. The third-order valence-corrected chi connectivity index (χ3v) is 7.64. The number of anilines is 1. The zero-order valence-corrected chi connectivity index (χ0v) is 21.1. The summed E-state index contributed by atoms with van der Waals surface area (Å²) in [5.74, 6) is 0.278. The minimum absolute atomic E-state index is 0.0246. The number of amides is 2. The van der Waals surface area contributed by atoms with Crippen LogP contribution >= 0.6 is 0 Å². The molecule has 3 heterocycles. The topological polar surface area (TPSA) is 104 Å². The monoisotopic (exact) mass is 500 g/mol. The van der Waals surface area contributed by atoms with Gasteiger partial charge in [-0.05, 0) is 80.0 Å². The first-order valence-corrected chi connectivity index (χ1v) is 12.6. The molecule has 1 saturated carbocycles. The van der Waals surface area contributed by atoms with Crippen LogP contribution in [0.4, 0.5) is 10.2 Å². The van der Waals surface area contributed by atoms with Gasteiger partial charge in [0.25, 0.3) is 5.91 Å². The van der Waals surface area contributed by atoms with E-state index in [9.17, 15) is 19.2 Å². The molecular weight excluding hydrogens is 471 g/mol. The first-order chi connectivity index (χ1) is 17.7. The lowest BCUT2D eigenvalue weighted by Crippen LogP contribution is -2.43. The van der Waals surface area contributed by atoms with Gasteiger partial charge in [-0.1, -0.05) is 6.92 Å². The van der Waals surface area contributed by atoms with E-state index in [0.717, 1.165) is 17.5 Å². The number of carbonyl (C=O) groups excluding carboxylic acids is 2. The van der Waals surface area contributed by atoms with Crippen LogP contribution in [0, 0.1) is 30.0 Å². The fourth-order valence-electron chi connectivity index (χ4n) is 5.23. The van der Waals surface area contributed by atoms with Gasteiger partial charge in [0.05, 0.1) is 29.4 Å². The lowest BCUT2D eigenvalue weighted by Gasteiger charge is -2.36. The van der Waals surface area contributed by atoms with Crippen molar-refractivity contribution in [2.24, 2.45) is 5.92 Å². The Bertz CT molecular complexity index is 1400. The molecule has 9 heteroatoms. The number of carbonyl (C=O) groups is 2. The minimum atomic E-state index is -0.359. The lowest BCUT2D eigenvalue weighted by molar-refractivity contribution is -0.119. The Morgan fingerprint density at radius 3 is 2.73 bits per heavy atom. The van der Waals surface area contributed by atoms with Crippen molar-refractivity contribution < 1.29 is 14.0 Å². The predicted molar refractivity (Wildman–Crippen MR) is 135 cm³/mol. The van der Waals surface area contributed by atoms with Gasteiger partial charge in [0, 0.05) is 30.9 Å². The third kappa shape index (κ3) is 4.71. The molecular formula is C28H29FN6O2. The first kappa shape index (κ1) is 24.6. The highest BCUT2D eigenvalue weighted by Gasteiger charge is 2.34. The quantitative estimate of drug-likeness (QED) is 0.545. The number of aromatic nitrogens is 3. The number of halogens is 1. The largest absolute Gasteiger partial charge is 0.349 e. The molecule has 8 nitrogen and oxygen atoms in total. The van der Waals surface area contributed by atoms with Crippen LogP contribution < -0.4 is 10.2 Å². The summed E-state index contributed by atoms with van der Waals surface area (Å²) in [6, 6.07) is 8.07. The summed E-state index contributed by atoms with van der Waals surface area (Å²) in [5, 5.41) is 16.7. The van der Waals surface area contributed by atoms with Gasteiger partial charge in [-0.2, -0.15) is 10.4 Å². The number of nitrogens with one attached hydrogen (secondary N) is 1. The molecule has 1 aliphatic carbocycles. The lowest BCUT2D eigenvalue weighted by atomic mass is 9.74. The van der Waals surface area contributed by atoms with Crippen molar-refractivity contribution in [2.45, 2.75) is 58.0 Å². The Labute approximate surface area is 215 Å². The molecule has 2 aromatic heterocycles. The number of benzene rings is 1. The van der Waals surface area contributed by atoms with E-state index in [4.69, 9.17) is 0 Å². The fourth-order valence-corrected chi connectivity index (χ4v) is 5.23. The van der Waals surface area contributed by atoms with Crippen LogP contribution in [-0.2, 0) is 4.79 Å². The number of pyridine rings is 1. The molecule has 2 amide bonds.